The van der Waals surface area contributed by atoms with Crippen molar-refractivity contribution in [1.82, 2.24) is 10.2 Å². The van der Waals surface area contributed by atoms with E-state index in [1.807, 2.05) is 0 Å². The van der Waals surface area contributed by atoms with Crippen molar-refractivity contribution in [2.45, 2.75) is 32.2 Å². The molecule has 3 rings (SSSR count). The van der Waals surface area contributed by atoms with Gasteiger partial charge in [0.05, 0.1) is 0 Å². The molecule has 2 unspecified atom stereocenters. The smallest absolute Gasteiger partial charge is 0.278 e. The summed E-state index contributed by atoms with van der Waals surface area (Å²) in [6.07, 6.45) is 2.00. The van der Waals surface area contributed by atoms with Crippen molar-refractivity contribution >= 4 is 35.6 Å². The van der Waals surface area contributed by atoms with E-state index in [0.717, 1.165) is 4.90 Å². The molecule has 2 fully saturated rings. The number of imide groups is 2. The Kier molecular flexibility index (Phi) is 2.56. The van der Waals surface area contributed by atoms with E-state index in [0.29, 0.717) is 0 Å². The Bertz CT molecular complexity index is 609. The zero-order valence-corrected chi connectivity index (χ0v) is 10.8. The van der Waals surface area contributed by atoms with Gasteiger partial charge in [-0.1, -0.05) is 0 Å². The minimum atomic E-state index is -1.05. The number of hydrogen-bond acceptors (Lipinski definition) is 6. The molecule has 2 atom stereocenters. The standard InChI is InChI=1S/C12H12N4O4/c1-12-4-5-13-15-8(12)10(19)16(11(12)20)6-2-3-7(17)14-9(6)18/h5-6H,2-4H2,1H3,(H,14,17,18). The lowest BCUT2D eigenvalue weighted by atomic mass is 9.83. The molecule has 3 aliphatic heterocycles. The molecule has 8 heteroatoms. The Morgan fingerprint density at radius 1 is 1.35 bits per heavy atom. The number of carbonyl (C=O) groups is 4. The Balaban J connectivity index is 1.96. The Morgan fingerprint density at radius 3 is 2.75 bits per heavy atom. The van der Waals surface area contributed by atoms with Crippen LogP contribution < -0.4 is 5.32 Å². The second kappa shape index (κ2) is 4.06. The molecule has 3 aliphatic rings. The molecule has 8 nitrogen and oxygen atoms in total. The summed E-state index contributed by atoms with van der Waals surface area (Å²) in [5.74, 6) is -2.06. The van der Waals surface area contributed by atoms with E-state index < -0.39 is 35.1 Å². The molecule has 0 aromatic rings. The summed E-state index contributed by atoms with van der Waals surface area (Å²) in [5.41, 5.74) is -0.990. The summed E-state index contributed by atoms with van der Waals surface area (Å²) in [6, 6.07) is -0.946. The third-order valence-electron chi connectivity index (χ3n) is 3.90. The number of fused-ring (bicyclic) bond motifs is 1. The zero-order chi connectivity index (χ0) is 14.5. The monoisotopic (exact) mass is 276 g/mol. The number of likely N-dealkylation sites (tertiary alicyclic amines) is 1. The van der Waals surface area contributed by atoms with Crippen LogP contribution in [0.4, 0.5) is 0 Å². The van der Waals surface area contributed by atoms with Gasteiger partial charge in [0.15, 0.2) is 0 Å². The molecule has 0 radical (unpaired) electrons. The van der Waals surface area contributed by atoms with Gasteiger partial charge >= 0.3 is 0 Å². The average Bonchev–Trinajstić information content (AvgIpc) is 2.59. The van der Waals surface area contributed by atoms with E-state index >= 15 is 0 Å². The summed E-state index contributed by atoms with van der Waals surface area (Å²) < 4.78 is 0. The topological polar surface area (TPSA) is 108 Å². The van der Waals surface area contributed by atoms with Gasteiger partial charge in [-0.15, -0.1) is 5.10 Å². The molecule has 1 N–H and O–H groups in total. The third kappa shape index (κ3) is 1.54. The van der Waals surface area contributed by atoms with Crippen LogP contribution in [-0.4, -0.2) is 46.5 Å². The predicted molar refractivity (Wildman–Crippen MR) is 66.7 cm³/mol. The highest BCUT2D eigenvalue weighted by molar-refractivity contribution is 6.52. The lowest BCUT2D eigenvalue weighted by Crippen LogP contribution is -2.55. The van der Waals surface area contributed by atoms with E-state index in [4.69, 9.17) is 0 Å². The van der Waals surface area contributed by atoms with Crippen LogP contribution in [0.15, 0.2) is 10.2 Å². The number of nitrogens with zero attached hydrogens (tertiary/aromatic N) is 3. The van der Waals surface area contributed by atoms with Crippen LogP contribution in [0, 0.1) is 5.41 Å². The van der Waals surface area contributed by atoms with Crippen molar-refractivity contribution in [1.29, 1.82) is 0 Å². The van der Waals surface area contributed by atoms with E-state index in [-0.39, 0.29) is 25.0 Å². The van der Waals surface area contributed by atoms with Gasteiger partial charge in [-0.05, 0) is 13.3 Å². The fraction of sp³-hybridized carbons (Fsp3) is 0.500. The highest BCUT2D eigenvalue weighted by Crippen LogP contribution is 2.37. The summed E-state index contributed by atoms with van der Waals surface area (Å²) >= 11 is 0. The summed E-state index contributed by atoms with van der Waals surface area (Å²) in [4.78, 5) is 48.7. The minimum absolute atomic E-state index is 0.0645. The highest BCUT2D eigenvalue weighted by Gasteiger charge is 2.58. The van der Waals surface area contributed by atoms with Crippen molar-refractivity contribution in [2.75, 3.05) is 0 Å². The van der Waals surface area contributed by atoms with Crippen LogP contribution in [0.25, 0.3) is 0 Å². The molecular formula is C12H12N4O4. The molecule has 4 amide bonds. The molecule has 0 saturated carbocycles. The van der Waals surface area contributed by atoms with Gasteiger partial charge in [0.25, 0.3) is 5.91 Å². The van der Waals surface area contributed by atoms with Crippen LogP contribution in [0.1, 0.15) is 26.2 Å². The first kappa shape index (κ1) is 12.6. The van der Waals surface area contributed by atoms with Gasteiger partial charge < -0.3 is 0 Å². The first-order valence-corrected chi connectivity index (χ1v) is 6.27. The van der Waals surface area contributed by atoms with Gasteiger partial charge in [-0.25, -0.2) is 0 Å². The molecule has 0 bridgehead atoms. The first-order valence-electron chi connectivity index (χ1n) is 6.27. The van der Waals surface area contributed by atoms with E-state index in [1.54, 1.807) is 6.92 Å². The largest absolute Gasteiger partial charge is 0.295 e. The number of nitrogens with one attached hydrogen (secondary N) is 1. The SMILES string of the molecule is CC12CC=NN=C1C(=O)N(C1CCC(=O)NC1=O)C2=O. The van der Waals surface area contributed by atoms with Crippen molar-refractivity contribution in [3.05, 3.63) is 0 Å². The van der Waals surface area contributed by atoms with Crippen molar-refractivity contribution in [2.24, 2.45) is 15.6 Å². The van der Waals surface area contributed by atoms with Crippen LogP contribution >= 0.6 is 0 Å². The van der Waals surface area contributed by atoms with Crippen LogP contribution in [0.2, 0.25) is 0 Å². The molecule has 104 valence electrons. The third-order valence-corrected chi connectivity index (χ3v) is 3.90. The first-order chi connectivity index (χ1) is 9.45. The van der Waals surface area contributed by atoms with E-state index in [2.05, 4.69) is 15.5 Å². The number of amides is 4. The Morgan fingerprint density at radius 2 is 2.10 bits per heavy atom. The predicted octanol–water partition coefficient (Wildman–Crippen LogP) is -1.00. The normalized spacial score (nSPS) is 33.1. The van der Waals surface area contributed by atoms with E-state index in [1.165, 1.54) is 6.21 Å². The molecule has 0 spiro atoms. The van der Waals surface area contributed by atoms with Gasteiger partial charge in [0, 0.05) is 19.1 Å². The molecular weight excluding hydrogens is 264 g/mol. The highest BCUT2D eigenvalue weighted by atomic mass is 16.2. The zero-order valence-electron chi connectivity index (χ0n) is 10.8. The maximum absolute atomic E-state index is 12.5. The van der Waals surface area contributed by atoms with Gasteiger partial charge in [0.1, 0.15) is 17.2 Å². The lowest BCUT2D eigenvalue weighted by molar-refractivity contribution is -0.152. The Labute approximate surface area is 113 Å². The summed E-state index contributed by atoms with van der Waals surface area (Å²) in [7, 11) is 0. The van der Waals surface area contributed by atoms with Crippen molar-refractivity contribution in [3.8, 4) is 0 Å². The van der Waals surface area contributed by atoms with Crippen molar-refractivity contribution in [3.63, 3.8) is 0 Å². The maximum Gasteiger partial charge on any atom is 0.278 e. The molecule has 2 saturated heterocycles. The van der Waals surface area contributed by atoms with Crippen LogP contribution in [0.5, 0.6) is 0 Å². The maximum atomic E-state index is 12.5. The van der Waals surface area contributed by atoms with E-state index in [9.17, 15) is 19.2 Å². The Hall–Kier alpha value is -2.38. The number of rotatable bonds is 1. The molecule has 0 aliphatic carbocycles. The molecule has 0 aromatic heterocycles. The second-order valence-corrected chi connectivity index (χ2v) is 5.23. The summed E-state index contributed by atoms with van der Waals surface area (Å²) in [6.45, 7) is 1.61. The lowest BCUT2D eigenvalue weighted by Gasteiger charge is -2.29. The fourth-order valence-electron chi connectivity index (χ4n) is 2.68. The van der Waals surface area contributed by atoms with Crippen LogP contribution in [-0.2, 0) is 19.2 Å². The molecule has 0 aromatic carbocycles. The second-order valence-electron chi connectivity index (χ2n) is 5.23. The quantitative estimate of drug-likeness (QED) is 0.619. The van der Waals surface area contributed by atoms with Crippen LogP contribution in [0.3, 0.4) is 0 Å². The van der Waals surface area contributed by atoms with Crippen molar-refractivity contribution < 1.29 is 19.2 Å². The fourth-order valence-corrected chi connectivity index (χ4v) is 2.68. The minimum Gasteiger partial charge on any atom is -0.295 e. The number of piperidine rings is 1. The van der Waals surface area contributed by atoms with Gasteiger partial charge in [-0.2, -0.15) is 5.10 Å². The number of carbonyl (C=O) groups excluding carboxylic acids is 4. The molecule has 20 heavy (non-hydrogen) atoms. The summed E-state index contributed by atoms with van der Waals surface area (Å²) in [5, 5.41) is 9.57. The van der Waals surface area contributed by atoms with Gasteiger partial charge in [-0.3, -0.25) is 29.4 Å². The average molecular weight is 276 g/mol. The van der Waals surface area contributed by atoms with Gasteiger partial charge in [0.2, 0.25) is 17.7 Å². The number of hydrogen-bond donors (Lipinski definition) is 1. The molecule has 3 heterocycles.